The van der Waals surface area contributed by atoms with Crippen molar-refractivity contribution in [3.63, 3.8) is 0 Å². The van der Waals surface area contributed by atoms with E-state index in [0.717, 1.165) is 24.8 Å². The molecule has 0 spiro atoms. The molecule has 2 aliphatic carbocycles. The first-order valence-corrected chi connectivity index (χ1v) is 13.3. The van der Waals surface area contributed by atoms with Crippen molar-refractivity contribution in [2.45, 2.75) is 73.1 Å². The van der Waals surface area contributed by atoms with Crippen LogP contribution in [0.4, 0.5) is 0 Å². The molecule has 4 unspecified atom stereocenters. The molecule has 7 nitrogen and oxygen atoms in total. The van der Waals surface area contributed by atoms with E-state index in [4.69, 9.17) is 9.79 Å². The van der Waals surface area contributed by atoms with Crippen LogP contribution in [0.1, 0.15) is 73.1 Å². The van der Waals surface area contributed by atoms with Crippen molar-refractivity contribution in [2.24, 2.45) is 22.7 Å². The van der Waals surface area contributed by atoms with Crippen LogP contribution in [-0.2, 0) is 18.0 Å². The highest BCUT2D eigenvalue weighted by molar-refractivity contribution is 7.60. The summed E-state index contributed by atoms with van der Waals surface area (Å²) in [5.74, 6) is 1.18. The second-order valence-electron chi connectivity index (χ2n) is 9.56. The minimum atomic E-state index is -5.09. The first kappa shape index (κ1) is 25.0. The van der Waals surface area contributed by atoms with Gasteiger partial charge in [0.15, 0.2) is 0 Å². The largest absolute Gasteiger partial charge is 0.481 e. The van der Waals surface area contributed by atoms with Gasteiger partial charge in [-0.15, -0.1) is 0 Å². The smallest absolute Gasteiger partial charge is 0.302 e. The van der Waals surface area contributed by atoms with Crippen LogP contribution < -0.4 is 0 Å². The molecule has 0 aromatic carbocycles. The molecule has 0 aromatic heterocycles. The number of rotatable bonds is 8. The molecule has 0 aromatic rings. The minimum Gasteiger partial charge on any atom is -0.302 e. The molecule has 4 atom stereocenters. The normalized spacial score (nSPS) is 32.3. The van der Waals surface area contributed by atoms with Crippen LogP contribution in [0, 0.1) is 22.7 Å². The van der Waals surface area contributed by atoms with E-state index in [1.54, 1.807) is 6.08 Å². The number of phosphoric acid groups is 2. The van der Waals surface area contributed by atoms with Gasteiger partial charge in [0.05, 0.1) is 6.61 Å². The molecule has 9 heteroatoms. The summed E-state index contributed by atoms with van der Waals surface area (Å²) in [5.41, 5.74) is 3.10. The van der Waals surface area contributed by atoms with Crippen molar-refractivity contribution >= 4 is 15.6 Å². The molecular weight excluding hydrogens is 414 g/mol. The Kier molecular flexibility index (Phi) is 7.83. The van der Waals surface area contributed by atoms with Crippen LogP contribution in [0.2, 0.25) is 0 Å². The second kappa shape index (κ2) is 9.08. The van der Waals surface area contributed by atoms with E-state index in [2.05, 4.69) is 42.6 Å². The number of hydrogen-bond acceptors (Lipinski definition) is 4. The fourth-order valence-electron chi connectivity index (χ4n) is 5.60. The molecule has 0 heterocycles. The predicted octanol–water partition coefficient (Wildman–Crippen LogP) is 5.74. The van der Waals surface area contributed by atoms with Gasteiger partial charge in [-0.1, -0.05) is 50.5 Å². The molecule has 0 aliphatic heterocycles. The van der Waals surface area contributed by atoms with Crippen LogP contribution in [0.25, 0.3) is 0 Å². The number of hydrogen-bond donors (Lipinski definition) is 3. The standard InChI is InChI=1S/C20H36O7P2/c1-15(11-14-26-29(24,25)27-28(21,22)23)7-9-17-16(2)8-10-18-19(3,4)12-6-13-20(17,18)5/h8,11,17-18H,6-7,9-10,12-14H2,1-5H3,(H,24,25)(H2,21,22,23)/b15-11+. The lowest BCUT2D eigenvalue weighted by atomic mass is 9.48. The highest BCUT2D eigenvalue weighted by Crippen LogP contribution is 2.60. The van der Waals surface area contributed by atoms with Gasteiger partial charge in [0.1, 0.15) is 0 Å². The summed E-state index contributed by atoms with van der Waals surface area (Å²) in [6, 6.07) is 0. The van der Waals surface area contributed by atoms with Gasteiger partial charge in [0.25, 0.3) is 0 Å². The number of fused-ring (bicyclic) bond motifs is 1. The summed E-state index contributed by atoms with van der Waals surface area (Å²) in [7, 11) is -9.87. The van der Waals surface area contributed by atoms with Gasteiger partial charge in [-0.05, 0) is 68.6 Å². The number of allylic oxidation sites excluding steroid dienone is 3. The van der Waals surface area contributed by atoms with Crippen LogP contribution in [0.3, 0.4) is 0 Å². The van der Waals surface area contributed by atoms with Crippen LogP contribution in [0.5, 0.6) is 0 Å². The Bertz CT molecular complexity index is 752. The molecule has 0 amide bonds. The lowest BCUT2D eigenvalue weighted by Crippen LogP contribution is -2.48. The number of phosphoric ester groups is 1. The third-order valence-corrected chi connectivity index (χ3v) is 9.16. The van der Waals surface area contributed by atoms with Crippen molar-refractivity contribution in [1.29, 1.82) is 0 Å². The van der Waals surface area contributed by atoms with E-state index in [9.17, 15) is 14.0 Å². The van der Waals surface area contributed by atoms with Crippen molar-refractivity contribution < 1.29 is 32.6 Å². The average Bonchev–Trinajstić information content (AvgIpc) is 2.50. The van der Waals surface area contributed by atoms with Crippen LogP contribution >= 0.6 is 15.6 Å². The fourth-order valence-corrected chi connectivity index (χ4v) is 7.13. The summed E-state index contributed by atoms with van der Waals surface area (Å²) < 4.78 is 30.6. The summed E-state index contributed by atoms with van der Waals surface area (Å²) in [5, 5.41) is 0. The molecule has 0 radical (unpaired) electrons. The Morgan fingerprint density at radius 3 is 2.52 bits per heavy atom. The minimum absolute atomic E-state index is 0.244. The monoisotopic (exact) mass is 450 g/mol. The molecule has 2 aliphatic rings. The van der Waals surface area contributed by atoms with E-state index in [1.165, 1.54) is 24.8 Å². The van der Waals surface area contributed by atoms with Crippen molar-refractivity contribution in [3.8, 4) is 0 Å². The summed E-state index contributed by atoms with van der Waals surface area (Å²) in [6.07, 6.45) is 10.8. The lowest BCUT2D eigenvalue weighted by molar-refractivity contribution is -0.0390. The summed E-state index contributed by atoms with van der Waals surface area (Å²) >= 11 is 0. The van der Waals surface area contributed by atoms with Crippen molar-refractivity contribution in [1.82, 2.24) is 0 Å². The van der Waals surface area contributed by atoms with Gasteiger partial charge in [-0.2, -0.15) is 4.31 Å². The SMILES string of the molecule is CC1=CCC2C(C)(C)CCCC2(C)C1CC/C(C)=C/COP(=O)(O)OP(=O)(O)O. The van der Waals surface area contributed by atoms with E-state index < -0.39 is 15.6 Å². The first-order chi connectivity index (χ1) is 13.2. The van der Waals surface area contributed by atoms with Crippen molar-refractivity contribution in [3.05, 3.63) is 23.3 Å². The van der Waals surface area contributed by atoms with Gasteiger partial charge >= 0.3 is 15.6 Å². The third-order valence-electron chi connectivity index (χ3n) is 7.00. The van der Waals surface area contributed by atoms with Gasteiger partial charge in [0.2, 0.25) is 0 Å². The van der Waals surface area contributed by atoms with Gasteiger partial charge in [0, 0.05) is 0 Å². The Morgan fingerprint density at radius 2 is 1.90 bits per heavy atom. The highest BCUT2D eigenvalue weighted by atomic mass is 31.3. The maximum absolute atomic E-state index is 11.5. The molecule has 0 bridgehead atoms. The van der Waals surface area contributed by atoms with Gasteiger partial charge < -0.3 is 14.7 Å². The second-order valence-corrected chi connectivity index (χ2v) is 12.4. The maximum Gasteiger partial charge on any atom is 0.481 e. The maximum atomic E-state index is 11.5. The average molecular weight is 450 g/mol. The van der Waals surface area contributed by atoms with Gasteiger partial charge in [-0.3, -0.25) is 4.52 Å². The molecule has 168 valence electrons. The molecule has 3 N–H and O–H groups in total. The summed E-state index contributed by atoms with van der Waals surface area (Å²) in [4.78, 5) is 26.6. The topological polar surface area (TPSA) is 113 Å². The Balaban J connectivity index is 1.98. The van der Waals surface area contributed by atoms with Crippen LogP contribution in [-0.4, -0.2) is 21.3 Å². The Labute approximate surface area is 174 Å². The molecule has 29 heavy (non-hydrogen) atoms. The van der Waals surface area contributed by atoms with E-state index in [0.29, 0.717) is 17.3 Å². The van der Waals surface area contributed by atoms with E-state index >= 15 is 0 Å². The van der Waals surface area contributed by atoms with Gasteiger partial charge in [-0.25, -0.2) is 9.13 Å². The highest BCUT2D eigenvalue weighted by Gasteiger charge is 2.51. The van der Waals surface area contributed by atoms with E-state index in [1.807, 2.05) is 6.92 Å². The quantitative estimate of drug-likeness (QED) is 0.319. The first-order valence-electron chi connectivity index (χ1n) is 10.2. The van der Waals surface area contributed by atoms with Crippen molar-refractivity contribution in [2.75, 3.05) is 6.61 Å². The Hall–Kier alpha value is -0.260. The third kappa shape index (κ3) is 6.61. The van der Waals surface area contributed by atoms with E-state index in [-0.39, 0.29) is 12.0 Å². The lowest BCUT2D eigenvalue weighted by Gasteiger charge is -2.57. The zero-order chi connectivity index (χ0) is 22.1. The molecule has 1 fully saturated rings. The molecule has 2 rings (SSSR count). The zero-order valence-corrected chi connectivity index (χ0v) is 19.9. The fraction of sp³-hybridized carbons (Fsp3) is 0.800. The molecule has 0 saturated heterocycles. The zero-order valence-electron chi connectivity index (χ0n) is 18.1. The summed E-state index contributed by atoms with van der Waals surface area (Å²) in [6.45, 7) is 11.2. The molecular formula is C20H36O7P2. The Morgan fingerprint density at radius 1 is 1.24 bits per heavy atom. The van der Waals surface area contributed by atoms with Crippen LogP contribution in [0.15, 0.2) is 23.3 Å². The molecule has 1 saturated carbocycles. The predicted molar refractivity (Wildman–Crippen MR) is 113 cm³/mol.